The van der Waals surface area contributed by atoms with E-state index in [-0.39, 0.29) is 0 Å². The molecule has 7 nitrogen and oxygen atoms in total. The number of carbonyl (C=O) groups excluding carboxylic acids is 2. The molecule has 0 saturated carbocycles. The predicted octanol–water partition coefficient (Wildman–Crippen LogP) is 3.38. The second-order valence-corrected chi connectivity index (χ2v) is 6.53. The molecule has 1 N–H and O–H groups in total. The summed E-state index contributed by atoms with van der Waals surface area (Å²) < 4.78 is 12.6. The number of fused-ring (bicyclic) bond motifs is 1. The van der Waals surface area contributed by atoms with Crippen LogP contribution in [-0.4, -0.2) is 21.4 Å². The van der Waals surface area contributed by atoms with Crippen molar-refractivity contribution in [3.8, 4) is 0 Å². The maximum atomic E-state index is 12.9. The number of carbonyl (C=O) groups is 2. The minimum atomic E-state index is -1.10. The van der Waals surface area contributed by atoms with E-state index in [2.05, 4.69) is 10.3 Å². The van der Waals surface area contributed by atoms with Crippen LogP contribution in [0.25, 0.3) is 11.1 Å². The Kier molecular flexibility index (Phi) is 5.11. The summed E-state index contributed by atoms with van der Waals surface area (Å²) in [6.07, 6.45) is 3.55. The third-order valence-electron chi connectivity index (χ3n) is 4.65. The lowest BCUT2D eigenvalue weighted by Crippen LogP contribution is -2.32. The molecule has 1 aromatic carbocycles. The number of nitrogens with one attached hydrogen (secondary N) is 1. The Morgan fingerprint density at radius 3 is 2.62 bits per heavy atom. The summed E-state index contributed by atoms with van der Waals surface area (Å²) in [5, 5.41) is 2.83. The molecule has 1 atom stereocenters. The van der Waals surface area contributed by atoms with E-state index in [4.69, 9.17) is 9.15 Å². The number of aromatic nitrogens is 2. The summed E-state index contributed by atoms with van der Waals surface area (Å²) in [7, 11) is 1.74. The van der Waals surface area contributed by atoms with E-state index >= 15 is 0 Å². The van der Waals surface area contributed by atoms with Crippen LogP contribution in [0.4, 0.5) is 0 Å². The zero-order chi connectivity index (χ0) is 20.2. The zero-order valence-electron chi connectivity index (χ0n) is 15.7. The van der Waals surface area contributed by atoms with E-state index in [0.29, 0.717) is 23.4 Å². The molecule has 0 saturated heterocycles. The first-order chi connectivity index (χ1) is 14.1. The first-order valence-electron chi connectivity index (χ1n) is 9.09. The Hall–Kier alpha value is -3.87. The van der Waals surface area contributed by atoms with Gasteiger partial charge in [0.15, 0.2) is 5.58 Å². The third-order valence-corrected chi connectivity index (χ3v) is 4.65. The van der Waals surface area contributed by atoms with Gasteiger partial charge in [-0.3, -0.25) is 9.78 Å². The van der Waals surface area contributed by atoms with E-state index in [1.165, 1.54) is 0 Å². The Bertz CT molecular complexity index is 1130. The monoisotopic (exact) mass is 389 g/mol. The Labute approximate surface area is 166 Å². The summed E-state index contributed by atoms with van der Waals surface area (Å²) in [4.78, 5) is 29.6. The van der Waals surface area contributed by atoms with E-state index in [1.54, 1.807) is 54.5 Å². The summed E-state index contributed by atoms with van der Waals surface area (Å²) in [6, 6.07) is 16.2. The fourth-order valence-electron chi connectivity index (χ4n) is 3.10. The molecule has 4 aromatic rings. The normalized spacial score (nSPS) is 11.9. The molecule has 7 heteroatoms. The average molecular weight is 389 g/mol. The Morgan fingerprint density at radius 1 is 1.14 bits per heavy atom. The van der Waals surface area contributed by atoms with Crippen molar-refractivity contribution in [3.05, 3.63) is 90.1 Å². The van der Waals surface area contributed by atoms with Gasteiger partial charge in [-0.15, -0.1) is 0 Å². The van der Waals surface area contributed by atoms with Crippen LogP contribution in [0.1, 0.15) is 27.7 Å². The van der Waals surface area contributed by atoms with Crippen molar-refractivity contribution >= 4 is 23.0 Å². The second-order valence-electron chi connectivity index (χ2n) is 6.53. The van der Waals surface area contributed by atoms with Crippen LogP contribution in [0.2, 0.25) is 0 Å². The minimum absolute atomic E-state index is 0.300. The SMILES string of the molecule is Cn1c(C(=O)O[C@@H](C(=O)NCc2ccccc2)c2ccncc2)cc2occc21. The van der Waals surface area contributed by atoms with E-state index in [1.807, 2.05) is 30.3 Å². The van der Waals surface area contributed by atoms with Gasteiger partial charge in [0.25, 0.3) is 5.91 Å². The third kappa shape index (κ3) is 3.89. The smallest absolute Gasteiger partial charge is 0.356 e. The van der Waals surface area contributed by atoms with Gasteiger partial charge in [-0.05, 0) is 17.7 Å². The van der Waals surface area contributed by atoms with E-state index in [0.717, 1.165) is 11.1 Å². The standard InChI is InChI=1S/C22H19N3O4/c1-25-17-9-12-28-19(17)13-18(25)22(27)29-20(16-7-10-23-11-8-16)21(26)24-14-15-5-3-2-4-6-15/h2-13,20H,14H2,1H3,(H,24,26)/t20-/m1/s1. The topological polar surface area (TPSA) is 86.4 Å². The van der Waals surface area contributed by atoms with Crippen molar-refractivity contribution in [2.45, 2.75) is 12.6 Å². The molecule has 0 aliphatic rings. The molecule has 0 fully saturated rings. The zero-order valence-corrected chi connectivity index (χ0v) is 15.7. The highest BCUT2D eigenvalue weighted by atomic mass is 16.5. The largest absolute Gasteiger partial charge is 0.463 e. The lowest BCUT2D eigenvalue weighted by Gasteiger charge is -2.18. The van der Waals surface area contributed by atoms with Gasteiger partial charge in [-0.2, -0.15) is 0 Å². The highest BCUT2D eigenvalue weighted by molar-refractivity contribution is 5.95. The second kappa shape index (κ2) is 8.02. The summed E-state index contributed by atoms with van der Waals surface area (Å²) in [5.41, 5.74) is 3.13. The van der Waals surface area contributed by atoms with Crippen LogP contribution in [0.15, 0.2) is 77.7 Å². The highest BCUT2D eigenvalue weighted by Gasteiger charge is 2.27. The maximum Gasteiger partial charge on any atom is 0.356 e. The number of ether oxygens (including phenoxy) is 1. The number of hydrogen-bond donors (Lipinski definition) is 1. The van der Waals surface area contributed by atoms with Crippen molar-refractivity contribution < 1.29 is 18.7 Å². The van der Waals surface area contributed by atoms with Crippen LogP contribution in [0.5, 0.6) is 0 Å². The minimum Gasteiger partial charge on any atom is -0.463 e. The molecule has 0 radical (unpaired) electrons. The van der Waals surface area contributed by atoms with Gasteiger partial charge in [0.2, 0.25) is 6.10 Å². The number of hydrogen-bond acceptors (Lipinski definition) is 5. The van der Waals surface area contributed by atoms with Crippen molar-refractivity contribution in [1.29, 1.82) is 0 Å². The first-order valence-corrected chi connectivity index (χ1v) is 9.09. The van der Waals surface area contributed by atoms with E-state index < -0.39 is 18.0 Å². The van der Waals surface area contributed by atoms with Crippen LogP contribution < -0.4 is 5.32 Å². The van der Waals surface area contributed by atoms with Gasteiger partial charge in [-0.1, -0.05) is 30.3 Å². The Morgan fingerprint density at radius 2 is 1.90 bits per heavy atom. The molecule has 4 rings (SSSR count). The summed E-state index contributed by atoms with van der Waals surface area (Å²) in [5.74, 6) is -1.03. The average Bonchev–Trinajstić information content (AvgIpc) is 3.34. The summed E-state index contributed by atoms with van der Waals surface area (Å²) >= 11 is 0. The maximum absolute atomic E-state index is 12.9. The number of amides is 1. The quantitative estimate of drug-likeness (QED) is 0.511. The number of esters is 1. The van der Waals surface area contributed by atoms with Crippen molar-refractivity contribution in [1.82, 2.24) is 14.9 Å². The molecular weight excluding hydrogens is 370 g/mol. The molecule has 0 spiro atoms. The number of pyridine rings is 1. The molecule has 3 aromatic heterocycles. The molecule has 1 amide bonds. The van der Waals surface area contributed by atoms with Crippen LogP contribution >= 0.6 is 0 Å². The first kappa shape index (κ1) is 18.5. The number of benzene rings is 1. The Balaban J connectivity index is 1.55. The van der Waals surface area contributed by atoms with Crippen molar-refractivity contribution in [3.63, 3.8) is 0 Å². The fraction of sp³-hybridized carbons (Fsp3) is 0.136. The molecular formula is C22H19N3O4. The molecule has 0 bridgehead atoms. The van der Waals surface area contributed by atoms with Gasteiger partial charge in [0.05, 0.1) is 11.8 Å². The van der Waals surface area contributed by atoms with Crippen LogP contribution in [0, 0.1) is 0 Å². The van der Waals surface area contributed by atoms with Crippen LogP contribution in [-0.2, 0) is 23.1 Å². The molecule has 0 unspecified atom stereocenters. The van der Waals surface area contributed by atoms with Gasteiger partial charge in [0.1, 0.15) is 5.69 Å². The molecule has 0 aliphatic carbocycles. The fourth-order valence-corrected chi connectivity index (χ4v) is 3.10. The van der Waals surface area contributed by atoms with Gasteiger partial charge >= 0.3 is 5.97 Å². The highest BCUT2D eigenvalue weighted by Crippen LogP contribution is 2.24. The molecule has 29 heavy (non-hydrogen) atoms. The van der Waals surface area contributed by atoms with Gasteiger partial charge in [-0.25, -0.2) is 4.79 Å². The number of furan rings is 1. The molecule has 3 heterocycles. The molecule has 0 aliphatic heterocycles. The lowest BCUT2D eigenvalue weighted by atomic mass is 10.1. The molecule has 146 valence electrons. The number of aryl methyl sites for hydroxylation is 1. The van der Waals surface area contributed by atoms with Crippen molar-refractivity contribution in [2.75, 3.05) is 0 Å². The number of rotatable bonds is 6. The van der Waals surface area contributed by atoms with Gasteiger partial charge in [0, 0.05) is 43.7 Å². The number of nitrogens with zero attached hydrogens (tertiary/aromatic N) is 2. The predicted molar refractivity (Wildman–Crippen MR) is 106 cm³/mol. The van der Waals surface area contributed by atoms with Gasteiger partial charge < -0.3 is 19.0 Å². The lowest BCUT2D eigenvalue weighted by molar-refractivity contribution is -0.130. The van der Waals surface area contributed by atoms with Crippen molar-refractivity contribution in [2.24, 2.45) is 7.05 Å². The summed E-state index contributed by atoms with van der Waals surface area (Å²) in [6.45, 7) is 0.329. The van der Waals surface area contributed by atoms with E-state index in [9.17, 15) is 9.59 Å². The van der Waals surface area contributed by atoms with Crippen LogP contribution in [0.3, 0.4) is 0 Å².